The van der Waals surface area contributed by atoms with Gasteiger partial charge in [-0.25, -0.2) is 0 Å². The highest BCUT2D eigenvalue weighted by Gasteiger charge is 2.23. The van der Waals surface area contributed by atoms with Crippen LogP contribution in [-0.2, 0) is 17.6 Å². The predicted octanol–water partition coefficient (Wildman–Crippen LogP) is 3.12. The van der Waals surface area contributed by atoms with Crippen molar-refractivity contribution in [1.29, 1.82) is 0 Å². The summed E-state index contributed by atoms with van der Waals surface area (Å²) in [6, 6.07) is 6.54. The van der Waals surface area contributed by atoms with Crippen molar-refractivity contribution >= 4 is 0 Å². The summed E-state index contributed by atoms with van der Waals surface area (Å²) in [6.07, 6.45) is 5.94. The third-order valence-corrected chi connectivity index (χ3v) is 4.33. The Morgan fingerprint density at radius 2 is 2.00 bits per heavy atom. The van der Waals surface area contributed by atoms with Crippen LogP contribution >= 0.6 is 0 Å². The minimum absolute atomic E-state index is 0.296. The molecule has 1 aromatic carbocycles. The van der Waals surface area contributed by atoms with E-state index in [0.29, 0.717) is 18.4 Å². The number of aryl methyl sites for hydroxylation is 2. The highest BCUT2D eigenvalue weighted by molar-refractivity contribution is 5.56. The molecule has 1 aromatic heterocycles. The Morgan fingerprint density at radius 1 is 1.10 bits per heavy atom. The molecule has 0 radical (unpaired) electrons. The van der Waals surface area contributed by atoms with Crippen LogP contribution in [0.4, 0.5) is 0 Å². The molecule has 1 aliphatic heterocycles. The fraction of sp³-hybridized carbons (Fsp3) is 0.500. The van der Waals surface area contributed by atoms with E-state index in [1.165, 1.54) is 36.8 Å². The lowest BCUT2D eigenvalue weighted by Crippen LogP contribution is -2.02. The van der Waals surface area contributed by atoms with Gasteiger partial charge in [0.2, 0.25) is 0 Å². The Balaban J connectivity index is 1.63. The van der Waals surface area contributed by atoms with Gasteiger partial charge in [0, 0.05) is 18.1 Å². The van der Waals surface area contributed by atoms with Gasteiger partial charge in [-0.2, -0.15) is 4.98 Å². The number of aromatic nitrogens is 2. The molecule has 104 valence electrons. The molecule has 2 aliphatic rings. The molecular formula is C16H18N2O2. The maximum atomic E-state index is 5.44. The smallest absolute Gasteiger partial charge is 0.257 e. The third-order valence-electron chi connectivity index (χ3n) is 4.33. The normalized spacial score (nSPS) is 21.9. The first-order valence-electron chi connectivity index (χ1n) is 7.44. The summed E-state index contributed by atoms with van der Waals surface area (Å²) in [5.74, 6) is 1.72. The number of hydrogen-bond donors (Lipinski definition) is 0. The van der Waals surface area contributed by atoms with Gasteiger partial charge in [-0.3, -0.25) is 0 Å². The summed E-state index contributed by atoms with van der Waals surface area (Å²) >= 11 is 0. The van der Waals surface area contributed by atoms with E-state index in [9.17, 15) is 0 Å². The van der Waals surface area contributed by atoms with E-state index in [-0.39, 0.29) is 0 Å². The van der Waals surface area contributed by atoms with Gasteiger partial charge in [-0.05, 0) is 55.4 Å². The van der Waals surface area contributed by atoms with E-state index in [1.54, 1.807) is 0 Å². The molecule has 20 heavy (non-hydrogen) atoms. The molecule has 0 saturated carbocycles. The lowest BCUT2D eigenvalue weighted by Gasteiger charge is -2.15. The van der Waals surface area contributed by atoms with E-state index in [2.05, 4.69) is 28.3 Å². The summed E-state index contributed by atoms with van der Waals surface area (Å²) in [6.45, 7) is 1.51. The number of ether oxygens (including phenoxy) is 1. The molecule has 1 fully saturated rings. The topological polar surface area (TPSA) is 48.2 Å². The van der Waals surface area contributed by atoms with Crippen LogP contribution in [0.25, 0.3) is 11.5 Å². The van der Waals surface area contributed by atoms with Crippen molar-refractivity contribution in [3.05, 3.63) is 35.2 Å². The SMILES string of the molecule is c1cc2c(cc1-c1nc(C3CCOC3)no1)CCCC2. The quantitative estimate of drug-likeness (QED) is 0.841. The second-order valence-corrected chi connectivity index (χ2v) is 5.71. The minimum Gasteiger partial charge on any atom is -0.381 e. The molecule has 4 heteroatoms. The van der Waals surface area contributed by atoms with E-state index in [1.807, 2.05) is 0 Å². The van der Waals surface area contributed by atoms with Crippen LogP contribution in [0.15, 0.2) is 22.7 Å². The van der Waals surface area contributed by atoms with Gasteiger partial charge in [0.25, 0.3) is 5.89 Å². The number of rotatable bonds is 2. The van der Waals surface area contributed by atoms with Crippen LogP contribution in [0, 0.1) is 0 Å². The predicted molar refractivity (Wildman–Crippen MR) is 74.6 cm³/mol. The van der Waals surface area contributed by atoms with E-state index in [0.717, 1.165) is 24.4 Å². The number of hydrogen-bond acceptors (Lipinski definition) is 4. The molecule has 4 nitrogen and oxygen atoms in total. The molecule has 2 heterocycles. The van der Waals surface area contributed by atoms with Crippen LogP contribution < -0.4 is 0 Å². The van der Waals surface area contributed by atoms with Crippen molar-refractivity contribution in [3.63, 3.8) is 0 Å². The van der Waals surface area contributed by atoms with Crippen molar-refractivity contribution in [1.82, 2.24) is 10.1 Å². The summed E-state index contributed by atoms with van der Waals surface area (Å²) in [7, 11) is 0. The zero-order valence-corrected chi connectivity index (χ0v) is 11.5. The molecular weight excluding hydrogens is 252 g/mol. The van der Waals surface area contributed by atoms with Gasteiger partial charge < -0.3 is 9.26 Å². The van der Waals surface area contributed by atoms with Crippen LogP contribution in [0.5, 0.6) is 0 Å². The zero-order chi connectivity index (χ0) is 13.4. The fourth-order valence-electron chi connectivity index (χ4n) is 3.12. The van der Waals surface area contributed by atoms with Crippen molar-refractivity contribution in [3.8, 4) is 11.5 Å². The summed E-state index contributed by atoms with van der Waals surface area (Å²) in [5, 5.41) is 4.12. The maximum absolute atomic E-state index is 5.44. The second kappa shape index (κ2) is 5.02. The number of benzene rings is 1. The summed E-state index contributed by atoms with van der Waals surface area (Å²) in [4.78, 5) is 4.55. The fourth-order valence-corrected chi connectivity index (χ4v) is 3.12. The Labute approximate surface area is 118 Å². The highest BCUT2D eigenvalue weighted by Crippen LogP contribution is 2.29. The molecule has 4 rings (SSSR count). The van der Waals surface area contributed by atoms with Gasteiger partial charge in [-0.1, -0.05) is 11.2 Å². The largest absolute Gasteiger partial charge is 0.381 e. The van der Waals surface area contributed by atoms with Gasteiger partial charge >= 0.3 is 0 Å². The average Bonchev–Trinajstić information content (AvgIpc) is 3.17. The number of nitrogens with zero attached hydrogens (tertiary/aromatic N) is 2. The Morgan fingerprint density at radius 3 is 2.85 bits per heavy atom. The first kappa shape index (κ1) is 12.1. The third kappa shape index (κ3) is 2.14. The molecule has 1 aliphatic carbocycles. The monoisotopic (exact) mass is 270 g/mol. The van der Waals surface area contributed by atoms with Crippen LogP contribution in [0.1, 0.15) is 42.1 Å². The lowest BCUT2D eigenvalue weighted by molar-refractivity contribution is 0.192. The second-order valence-electron chi connectivity index (χ2n) is 5.71. The Bertz CT molecular complexity index is 615. The van der Waals surface area contributed by atoms with E-state index < -0.39 is 0 Å². The molecule has 0 spiro atoms. The average molecular weight is 270 g/mol. The zero-order valence-electron chi connectivity index (χ0n) is 11.5. The maximum Gasteiger partial charge on any atom is 0.257 e. The summed E-state index contributed by atoms with van der Waals surface area (Å²) in [5.41, 5.74) is 3.96. The van der Waals surface area contributed by atoms with Gasteiger partial charge in [0.1, 0.15) is 0 Å². The van der Waals surface area contributed by atoms with Gasteiger partial charge in [-0.15, -0.1) is 0 Å². The van der Waals surface area contributed by atoms with E-state index >= 15 is 0 Å². The van der Waals surface area contributed by atoms with Gasteiger partial charge in [0.15, 0.2) is 5.82 Å². The molecule has 0 amide bonds. The van der Waals surface area contributed by atoms with Crippen molar-refractivity contribution in [2.45, 2.75) is 38.0 Å². The summed E-state index contributed by atoms with van der Waals surface area (Å²) < 4.78 is 10.8. The van der Waals surface area contributed by atoms with Crippen LogP contribution in [0.2, 0.25) is 0 Å². The van der Waals surface area contributed by atoms with Gasteiger partial charge in [0.05, 0.1) is 6.61 Å². The Kier molecular flexibility index (Phi) is 3.03. The molecule has 0 N–H and O–H groups in total. The van der Waals surface area contributed by atoms with Crippen molar-refractivity contribution in [2.24, 2.45) is 0 Å². The first-order valence-corrected chi connectivity index (χ1v) is 7.44. The first-order chi connectivity index (χ1) is 9.90. The highest BCUT2D eigenvalue weighted by atomic mass is 16.5. The Hall–Kier alpha value is -1.68. The van der Waals surface area contributed by atoms with Crippen LogP contribution in [-0.4, -0.2) is 23.4 Å². The molecule has 1 unspecified atom stereocenters. The van der Waals surface area contributed by atoms with E-state index in [4.69, 9.17) is 9.26 Å². The minimum atomic E-state index is 0.296. The lowest BCUT2D eigenvalue weighted by atomic mass is 9.90. The van der Waals surface area contributed by atoms with Crippen molar-refractivity contribution < 1.29 is 9.26 Å². The molecule has 1 saturated heterocycles. The molecule has 1 atom stereocenters. The molecule has 2 aromatic rings. The van der Waals surface area contributed by atoms with Crippen molar-refractivity contribution in [2.75, 3.05) is 13.2 Å². The van der Waals surface area contributed by atoms with Crippen LogP contribution in [0.3, 0.4) is 0 Å². The standard InChI is InChI=1S/C16H18N2O2/c1-2-4-12-9-13(6-5-11(12)3-1)16-17-15(18-20-16)14-7-8-19-10-14/h5-6,9,14H,1-4,7-8,10H2. The number of fused-ring (bicyclic) bond motifs is 1. The molecule has 0 bridgehead atoms.